The second-order valence-corrected chi connectivity index (χ2v) is 7.18. The summed E-state index contributed by atoms with van der Waals surface area (Å²) in [4.78, 5) is 21.1. The molecule has 0 fully saturated rings. The predicted octanol–water partition coefficient (Wildman–Crippen LogP) is 4.95. The number of rotatable bonds is 3. The van der Waals surface area contributed by atoms with E-state index in [-0.39, 0.29) is 11.7 Å². The summed E-state index contributed by atoms with van der Waals surface area (Å²) in [6.07, 6.45) is 3.53. The van der Waals surface area contributed by atoms with E-state index >= 15 is 0 Å². The van der Waals surface area contributed by atoms with Crippen LogP contribution in [0.5, 0.6) is 11.6 Å². The number of para-hydroxylation sites is 1. The normalized spacial score (nSPS) is 15.8. The van der Waals surface area contributed by atoms with Crippen LogP contribution < -0.4 is 4.74 Å². The summed E-state index contributed by atoms with van der Waals surface area (Å²) in [5.74, 6) is 0.917. The minimum atomic E-state index is 0.0327. The van der Waals surface area contributed by atoms with Crippen molar-refractivity contribution in [2.75, 3.05) is 0 Å². The minimum absolute atomic E-state index is 0.0327. The fourth-order valence-electron chi connectivity index (χ4n) is 3.68. The second-order valence-electron chi connectivity index (χ2n) is 6.77. The average molecular weight is 391 g/mol. The van der Waals surface area contributed by atoms with Gasteiger partial charge in [-0.3, -0.25) is 4.79 Å². The van der Waals surface area contributed by atoms with Gasteiger partial charge in [0.05, 0.1) is 17.4 Å². The predicted molar refractivity (Wildman–Crippen MR) is 106 cm³/mol. The highest BCUT2D eigenvalue weighted by Crippen LogP contribution is 2.43. The molecule has 0 bridgehead atoms. The summed E-state index contributed by atoms with van der Waals surface area (Å²) in [6, 6.07) is 13.2. The number of ketones is 1. The lowest BCUT2D eigenvalue weighted by Gasteiger charge is -2.12. The maximum Gasteiger partial charge on any atom is 0.233 e. The van der Waals surface area contributed by atoms with Crippen LogP contribution in [0.4, 0.5) is 0 Å². The van der Waals surface area contributed by atoms with E-state index in [1.807, 2.05) is 37.3 Å². The smallest absolute Gasteiger partial charge is 0.233 e. The van der Waals surface area contributed by atoms with Crippen molar-refractivity contribution in [3.8, 4) is 17.3 Å². The zero-order valence-corrected chi connectivity index (χ0v) is 15.7. The number of hydrogen-bond acceptors (Lipinski definition) is 5. The zero-order valence-electron chi connectivity index (χ0n) is 15.0. The van der Waals surface area contributed by atoms with Crippen LogP contribution in [-0.4, -0.2) is 25.5 Å². The molecule has 0 amide bonds. The number of carbonyl (C=O) groups excluding carboxylic acids is 1. The zero-order chi connectivity index (χ0) is 19.3. The van der Waals surface area contributed by atoms with Crippen molar-refractivity contribution in [3.63, 3.8) is 0 Å². The van der Waals surface area contributed by atoms with Gasteiger partial charge >= 0.3 is 0 Å². The summed E-state index contributed by atoms with van der Waals surface area (Å²) in [5.41, 5.74) is 2.90. The van der Waals surface area contributed by atoms with Crippen LogP contribution in [0.3, 0.4) is 0 Å². The number of nitrogens with zero attached hydrogens (tertiary/aromatic N) is 4. The molecule has 138 valence electrons. The molecule has 0 radical (unpaired) electrons. The molecule has 1 aliphatic rings. The van der Waals surface area contributed by atoms with Gasteiger partial charge in [-0.2, -0.15) is 5.10 Å². The number of Topliss-reactive ketones (excluding diaryl/α,β-unsaturated/α-hetero) is 1. The highest BCUT2D eigenvalue weighted by molar-refractivity contribution is 6.32. The lowest BCUT2D eigenvalue weighted by Crippen LogP contribution is -2.00. The van der Waals surface area contributed by atoms with Crippen LogP contribution in [0, 0.1) is 0 Å². The Morgan fingerprint density at radius 3 is 2.79 bits per heavy atom. The van der Waals surface area contributed by atoms with Gasteiger partial charge in [0, 0.05) is 11.4 Å². The molecule has 28 heavy (non-hydrogen) atoms. The van der Waals surface area contributed by atoms with Gasteiger partial charge in [-0.25, -0.2) is 14.6 Å². The van der Waals surface area contributed by atoms with Crippen molar-refractivity contribution in [3.05, 3.63) is 71.1 Å². The first-order chi connectivity index (χ1) is 13.6. The van der Waals surface area contributed by atoms with E-state index in [0.29, 0.717) is 39.7 Å². The van der Waals surface area contributed by atoms with E-state index in [1.54, 1.807) is 23.0 Å². The van der Waals surface area contributed by atoms with Gasteiger partial charge in [0.2, 0.25) is 5.88 Å². The van der Waals surface area contributed by atoms with Crippen molar-refractivity contribution in [1.29, 1.82) is 0 Å². The second kappa shape index (κ2) is 6.42. The fourth-order valence-corrected chi connectivity index (χ4v) is 4.02. The molecule has 1 unspecified atom stereocenters. The highest BCUT2D eigenvalue weighted by atomic mass is 35.5. The molecule has 0 N–H and O–H groups in total. The molecule has 2 aromatic heterocycles. The monoisotopic (exact) mass is 390 g/mol. The number of ether oxygens (including phenoxy) is 1. The van der Waals surface area contributed by atoms with Gasteiger partial charge < -0.3 is 4.74 Å². The molecule has 4 aromatic rings. The largest absolute Gasteiger partial charge is 0.437 e. The quantitative estimate of drug-likeness (QED) is 0.495. The summed E-state index contributed by atoms with van der Waals surface area (Å²) in [6.45, 7) is 1.99. The molecule has 2 aromatic carbocycles. The van der Waals surface area contributed by atoms with Crippen molar-refractivity contribution in [2.45, 2.75) is 19.3 Å². The van der Waals surface area contributed by atoms with Crippen LogP contribution in [0.1, 0.15) is 35.2 Å². The van der Waals surface area contributed by atoms with Gasteiger partial charge in [-0.05, 0) is 35.7 Å². The van der Waals surface area contributed by atoms with Crippen LogP contribution in [-0.2, 0) is 0 Å². The lowest BCUT2D eigenvalue weighted by molar-refractivity contribution is 0.0988. The molecule has 5 rings (SSSR count). The van der Waals surface area contributed by atoms with E-state index in [0.717, 1.165) is 11.3 Å². The molecule has 0 aliphatic heterocycles. The third kappa shape index (κ3) is 2.57. The molecule has 1 atom stereocenters. The SMILES string of the molecule is CC1CC(=O)c2c(Oc3ncnc4c3cnn4-c3ccccc3)ccc(Cl)c21. The van der Waals surface area contributed by atoms with Crippen molar-refractivity contribution in [2.24, 2.45) is 0 Å². The molecule has 2 heterocycles. The first-order valence-electron chi connectivity index (χ1n) is 8.91. The molecule has 0 spiro atoms. The van der Waals surface area contributed by atoms with E-state index in [1.165, 1.54) is 6.33 Å². The Kier molecular flexibility index (Phi) is 3.87. The van der Waals surface area contributed by atoms with Gasteiger partial charge in [0.15, 0.2) is 11.4 Å². The van der Waals surface area contributed by atoms with Crippen LogP contribution in [0.2, 0.25) is 5.02 Å². The van der Waals surface area contributed by atoms with Crippen LogP contribution in [0.25, 0.3) is 16.7 Å². The third-order valence-electron chi connectivity index (χ3n) is 4.95. The first-order valence-corrected chi connectivity index (χ1v) is 9.29. The third-order valence-corrected chi connectivity index (χ3v) is 5.28. The maximum atomic E-state index is 12.5. The standard InChI is InChI=1S/C21H15ClN4O2/c1-12-9-16(27)19-17(8-7-15(22)18(12)19)28-21-14-10-25-26(20(14)23-11-24-21)13-5-3-2-4-6-13/h2-8,10-12H,9H2,1H3. The van der Waals surface area contributed by atoms with Crippen LogP contribution in [0.15, 0.2) is 55.0 Å². The highest BCUT2D eigenvalue weighted by Gasteiger charge is 2.32. The molecule has 0 saturated heterocycles. The van der Waals surface area contributed by atoms with Crippen molar-refractivity contribution in [1.82, 2.24) is 19.7 Å². The van der Waals surface area contributed by atoms with Gasteiger partial charge in [0.25, 0.3) is 0 Å². The summed E-state index contributed by atoms with van der Waals surface area (Å²) >= 11 is 6.32. The lowest BCUT2D eigenvalue weighted by atomic mass is 10.0. The first kappa shape index (κ1) is 16.9. The Bertz CT molecular complexity index is 1220. The van der Waals surface area contributed by atoms with Crippen LogP contribution >= 0.6 is 11.6 Å². The Morgan fingerprint density at radius 1 is 1.14 bits per heavy atom. The Labute approximate surface area is 165 Å². The van der Waals surface area contributed by atoms with E-state index in [2.05, 4.69) is 15.1 Å². The Balaban J connectivity index is 1.61. The molecular formula is C21H15ClN4O2. The molecular weight excluding hydrogens is 376 g/mol. The minimum Gasteiger partial charge on any atom is -0.437 e. The van der Waals surface area contributed by atoms with E-state index in [9.17, 15) is 4.79 Å². The molecule has 1 aliphatic carbocycles. The van der Waals surface area contributed by atoms with Crippen molar-refractivity contribution >= 4 is 28.4 Å². The number of benzene rings is 2. The summed E-state index contributed by atoms with van der Waals surface area (Å²) in [5, 5.41) is 5.68. The number of carbonyl (C=O) groups is 1. The Hall–Kier alpha value is -3.25. The summed E-state index contributed by atoms with van der Waals surface area (Å²) < 4.78 is 7.80. The molecule has 6 nitrogen and oxygen atoms in total. The maximum absolute atomic E-state index is 12.5. The number of fused-ring (bicyclic) bond motifs is 2. The van der Waals surface area contributed by atoms with Gasteiger partial charge in [-0.1, -0.05) is 36.7 Å². The number of aromatic nitrogens is 4. The van der Waals surface area contributed by atoms with E-state index in [4.69, 9.17) is 16.3 Å². The van der Waals surface area contributed by atoms with Crippen molar-refractivity contribution < 1.29 is 9.53 Å². The van der Waals surface area contributed by atoms with Gasteiger partial charge in [0.1, 0.15) is 17.5 Å². The number of halogens is 1. The summed E-state index contributed by atoms with van der Waals surface area (Å²) in [7, 11) is 0. The molecule has 0 saturated carbocycles. The average Bonchev–Trinajstić information content (AvgIpc) is 3.27. The fraction of sp³-hybridized carbons (Fsp3) is 0.143. The molecule has 7 heteroatoms. The van der Waals surface area contributed by atoms with E-state index < -0.39 is 0 Å². The van der Waals surface area contributed by atoms with Gasteiger partial charge in [-0.15, -0.1) is 0 Å². The number of hydrogen-bond donors (Lipinski definition) is 0. The Morgan fingerprint density at radius 2 is 1.96 bits per heavy atom. The topological polar surface area (TPSA) is 69.9 Å².